The molecule has 2 aromatic heterocycles. The topological polar surface area (TPSA) is 63.8 Å². The molecule has 2 rings (SSSR count). The number of aromatic nitrogens is 3. The molecule has 20 heavy (non-hydrogen) atoms. The van der Waals surface area contributed by atoms with E-state index in [1.54, 1.807) is 6.26 Å². The fourth-order valence-electron chi connectivity index (χ4n) is 1.67. The van der Waals surface area contributed by atoms with E-state index in [2.05, 4.69) is 41.0 Å². The van der Waals surface area contributed by atoms with Crippen molar-refractivity contribution in [2.24, 2.45) is 0 Å². The summed E-state index contributed by atoms with van der Waals surface area (Å²) in [4.78, 5) is 13.5. The Labute approximate surface area is 123 Å². The van der Waals surface area contributed by atoms with Gasteiger partial charge in [0.05, 0.1) is 5.69 Å². The molecule has 0 saturated carbocycles. The quantitative estimate of drug-likeness (QED) is 0.846. The molecule has 0 aliphatic carbocycles. The maximum absolute atomic E-state index is 5.39. The van der Waals surface area contributed by atoms with E-state index in [4.69, 9.17) is 4.42 Å². The molecular formula is C14H20N4OS. The minimum atomic E-state index is 0.277. The van der Waals surface area contributed by atoms with E-state index in [0.29, 0.717) is 5.22 Å². The number of hydrogen-bond donors (Lipinski definition) is 1. The predicted octanol–water partition coefficient (Wildman–Crippen LogP) is 3.79. The maximum Gasteiger partial charge on any atom is 0.262 e. The highest BCUT2D eigenvalue weighted by Crippen LogP contribution is 2.31. The van der Waals surface area contributed by atoms with Crippen molar-refractivity contribution >= 4 is 17.6 Å². The minimum absolute atomic E-state index is 0.277. The molecule has 108 valence electrons. The van der Waals surface area contributed by atoms with Crippen LogP contribution in [0.5, 0.6) is 0 Å². The first-order valence-electron chi connectivity index (χ1n) is 6.73. The summed E-state index contributed by atoms with van der Waals surface area (Å²) >= 11 is 1.44. The second kappa shape index (κ2) is 6.26. The summed E-state index contributed by atoms with van der Waals surface area (Å²) in [7, 11) is 0. The normalized spacial score (nSPS) is 11.1. The van der Waals surface area contributed by atoms with Crippen molar-refractivity contribution in [3.8, 4) is 0 Å². The van der Waals surface area contributed by atoms with Gasteiger partial charge in [0, 0.05) is 18.0 Å². The SMILES string of the molecule is CCNc1nc(C(C)C)nc(Sc2nc(C)co2)c1C. The van der Waals surface area contributed by atoms with Crippen molar-refractivity contribution in [2.75, 3.05) is 11.9 Å². The van der Waals surface area contributed by atoms with E-state index in [1.807, 2.05) is 13.8 Å². The van der Waals surface area contributed by atoms with E-state index in [0.717, 1.165) is 34.5 Å². The molecular weight excluding hydrogens is 272 g/mol. The molecule has 0 saturated heterocycles. The van der Waals surface area contributed by atoms with Crippen LogP contribution < -0.4 is 5.32 Å². The molecule has 0 amide bonds. The lowest BCUT2D eigenvalue weighted by Gasteiger charge is -2.13. The Bertz CT molecular complexity index is 595. The molecule has 0 atom stereocenters. The van der Waals surface area contributed by atoms with Gasteiger partial charge < -0.3 is 9.73 Å². The van der Waals surface area contributed by atoms with Crippen molar-refractivity contribution in [1.82, 2.24) is 15.0 Å². The first-order chi connectivity index (χ1) is 9.51. The molecule has 6 heteroatoms. The van der Waals surface area contributed by atoms with Crippen molar-refractivity contribution in [3.63, 3.8) is 0 Å². The zero-order chi connectivity index (χ0) is 14.7. The lowest BCUT2D eigenvalue weighted by atomic mass is 10.2. The molecule has 0 aliphatic heterocycles. The molecule has 0 bridgehead atoms. The molecule has 0 aliphatic rings. The van der Waals surface area contributed by atoms with Gasteiger partial charge in [-0.1, -0.05) is 13.8 Å². The van der Waals surface area contributed by atoms with Gasteiger partial charge in [-0.3, -0.25) is 0 Å². The fourth-order valence-corrected chi connectivity index (χ4v) is 2.51. The third-order valence-electron chi connectivity index (χ3n) is 2.76. The van der Waals surface area contributed by atoms with Gasteiger partial charge in [-0.25, -0.2) is 15.0 Å². The third-order valence-corrected chi connectivity index (χ3v) is 3.71. The van der Waals surface area contributed by atoms with Gasteiger partial charge in [0.25, 0.3) is 5.22 Å². The van der Waals surface area contributed by atoms with Crippen molar-refractivity contribution < 1.29 is 4.42 Å². The van der Waals surface area contributed by atoms with Crippen LogP contribution in [0.3, 0.4) is 0 Å². The predicted molar refractivity (Wildman–Crippen MR) is 80.4 cm³/mol. The van der Waals surface area contributed by atoms with Gasteiger partial charge in [0.1, 0.15) is 22.9 Å². The van der Waals surface area contributed by atoms with E-state index < -0.39 is 0 Å². The zero-order valence-electron chi connectivity index (χ0n) is 12.5. The summed E-state index contributed by atoms with van der Waals surface area (Å²) in [6, 6.07) is 0. The number of nitrogens with zero attached hydrogens (tertiary/aromatic N) is 3. The lowest BCUT2D eigenvalue weighted by Crippen LogP contribution is -2.08. The van der Waals surface area contributed by atoms with E-state index >= 15 is 0 Å². The molecule has 0 spiro atoms. The maximum atomic E-state index is 5.39. The summed E-state index contributed by atoms with van der Waals surface area (Å²) in [6.07, 6.45) is 1.65. The Morgan fingerprint density at radius 1 is 1.25 bits per heavy atom. The Morgan fingerprint density at radius 3 is 2.55 bits per heavy atom. The summed E-state index contributed by atoms with van der Waals surface area (Å²) < 4.78 is 5.39. The largest absolute Gasteiger partial charge is 0.439 e. The van der Waals surface area contributed by atoms with Gasteiger partial charge in [0.15, 0.2) is 0 Å². The number of oxazole rings is 1. The summed E-state index contributed by atoms with van der Waals surface area (Å²) in [5.41, 5.74) is 1.90. The van der Waals surface area contributed by atoms with Crippen LogP contribution in [0.4, 0.5) is 5.82 Å². The minimum Gasteiger partial charge on any atom is -0.439 e. The summed E-state index contributed by atoms with van der Waals surface area (Å²) in [6.45, 7) is 11.0. The Hall–Kier alpha value is -1.56. The smallest absolute Gasteiger partial charge is 0.262 e. The molecule has 0 unspecified atom stereocenters. The average Bonchev–Trinajstić information content (AvgIpc) is 2.79. The molecule has 0 fully saturated rings. The van der Waals surface area contributed by atoms with Gasteiger partial charge >= 0.3 is 0 Å². The van der Waals surface area contributed by atoms with Gasteiger partial charge in [-0.15, -0.1) is 0 Å². The van der Waals surface area contributed by atoms with Crippen LogP contribution >= 0.6 is 11.8 Å². The zero-order valence-corrected chi connectivity index (χ0v) is 13.3. The van der Waals surface area contributed by atoms with Crippen molar-refractivity contribution in [2.45, 2.75) is 50.8 Å². The fraction of sp³-hybridized carbons (Fsp3) is 0.500. The number of anilines is 1. The first kappa shape index (κ1) is 14.8. The van der Waals surface area contributed by atoms with Crippen LogP contribution in [-0.4, -0.2) is 21.5 Å². The van der Waals surface area contributed by atoms with E-state index in [9.17, 15) is 0 Å². The van der Waals surface area contributed by atoms with E-state index in [1.165, 1.54) is 11.8 Å². The van der Waals surface area contributed by atoms with Crippen LogP contribution in [0.2, 0.25) is 0 Å². The molecule has 2 aromatic rings. The summed E-state index contributed by atoms with van der Waals surface area (Å²) in [5.74, 6) is 1.99. The molecule has 1 N–H and O–H groups in total. The van der Waals surface area contributed by atoms with Crippen LogP contribution in [0, 0.1) is 13.8 Å². The van der Waals surface area contributed by atoms with Crippen LogP contribution in [0.25, 0.3) is 0 Å². The molecule has 2 heterocycles. The number of aryl methyl sites for hydroxylation is 1. The van der Waals surface area contributed by atoms with Gasteiger partial charge in [0.2, 0.25) is 0 Å². The standard InChI is InChI=1S/C14H20N4OS/c1-6-15-12-10(5)13(18-11(17-12)8(2)3)20-14-16-9(4)7-19-14/h7-8H,6H2,1-5H3,(H,15,17,18). The second-order valence-electron chi connectivity index (χ2n) is 4.90. The highest BCUT2D eigenvalue weighted by Gasteiger charge is 2.15. The van der Waals surface area contributed by atoms with Crippen LogP contribution in [0.1, 0.15) is 43.8 Å². The molecule has 0 aromatic carbocycles. The monoisotopic (exact) mass is 292 g/mol. The highest BCUT2D eigenvalue weighted by molar-refractivity contribution is 7.99. The number of rotatable bonds is 5. The van der Waals surface area contributed by atoms with Crippen LogP contribution in [0.15, 0.2) is 20.9 Å². The third kappa shape index (κ3) is 3.30. The highest BCUT2D eigenvalue weighted by atomic mass is 32.2. The lowest BCUT2D eigenvalue weighted by molar-refractivity contribution is 0.453. The first-order valence-corrected chi connectivity index (χ1v) is 7.55. The van der Waals surface area contributed by atoms with Gasteiger partial charge in [-0.2, -0.15) is 0 Å². The number of hydrogen-bond acceptors (Lipinski definition) is 6. The number of nitrogens with one attached hydrogen (secondary N) is 1. The molecule has 5 nitrogen and oxygen atoms in total. The second-order valence-corrected chi connectivity index (χ2v) is 5.84. The average molecular weight is 292 g/mol. The van der Waals surface area contributed by atoms with Crippen molar-refractivity contribution in [3.05, 3.63) is 23.3 Å². The Morgan fingerprint density at radius 2 is 2.00 bits per heavy atom. The Kier molecular flexibility index (Phi) is 4.65. The van der Waals surface area contributed by atoms with Gasteiger partial charge in [-0.05, 0) is 32.5 Å². The van der Waals surface area contributed by atoms with Crippen LogP contribution in [-0.2, 0) is 0 Å². The Balaban J connectivity index is 2.39. The van der Waals surface area contributed by atoms with Crippen molar-refractivity contribution in [1.29, 1.82) is 0 Å². The van der Waals surface area contributed by atoms with E-state index in [-0.39, 0.29) is 5.92 Å². The molecule has 0 radical (unpaired) electrons. The summed E-state index contributed by atoms with van der Waals surface area (Å²) in [5, 5.41) is 4.79.